The van der Waals surface area contributed by atoms with Crippen molar-refractivity contribution < 1.29 is 4.74 Å². The number of hydrogen-bond donors (Lipinski definition) is 1. The van der Waals surface area contributed by atoms with E-state index in [0.29, 0.717) is 6.04 Å². The summed E-state index contributed by atoms with van der Waals surface area (Å²) in [6.45, 7) is 16.3. The summed E-state index contributed by atoms with van der Waals surface area (Å²) in [5.41, 5.74) is 0. The molecular formula is C19H38IN5O. The molecule has 2 atom stereocenters. The fourth-order valence-electron chi connectivity index (χ4n) is 4.40. The van der Waals surface area contributed by atoms with Crippen LogP contribution >= 0.6 is 24.0 Å². The van der Waals surface area contributed by atoms with Gasteiger partial charge in [-0.05, 0) is 45.2 Å². The van der Waals surface area contributed by atoms with E-state index in [9.17, 15) is 0 Å². The zero-order valence-electron chi connectivity index (χ0n) is 16.7. The number of guanidine groups is 1. The van der Waals surface area contributed by atoms with E-state index in [1.807, 2.05) is 0 Å². The highest BCUT2D eigenvalue weighted by atomic mass is 127. The molecule has 3 saturated heterocycles. The highest BCUT2D eigenvalue weighted by Gasteiger charge is 2.30. The summed E-state index contributed by atoms with van der Waals surface area (Å²) in [5, 5.41) is 3.53. The van der Waals surface area contributed by atoms with E-state index in [1.165, 1.54) is 38.9 Å². The molecule has 3 aliphatic heterocycles. The van der Waals surface area contributed by atoms with Crippen molar-refractivity contribution >= 4 is 29.9 Å². The smallest absolute Gasteiger partial charge is 0.193 e. The minimum Gasteiger partial charge on any atom is -0.379 e. The average molecular weight is 479 g/mol. The van der Waals surface area contributed by atoms with Gasteiger partial charge in [0.05, 0.1) is 13.2 Å². The fraction of sp³-hybridized carbons (Fsp3) is 0.947. The summed E-state index contributed by atoms with van der Waals surface area (Å²) in [6, 6.07) is 0.666. The van der Waals surface area contributed by atoms with Gasteiger partial charge in [0.15, 0.2) is 5.96 Å². The zero-order chi connectivity index (χ0) is 17.5. The number of aliphatic imine (C=N–C) groups is 1. The van der Waals surface area contributed by atoms with Crippen LogP contribution in [0.4, 0.5) is 0 Å². The molecule has 3 rings (SSSR count). The van der Waals surface area contributed by atoms with Gasteiger partial charge in [0.25, 0.3) is 0 Å². The molecule has 152 valence electrons. The lowest BCUT2D eigenvalue weighted by Crippen LogP contribution is -2.46. The van der Waals surface area contributed by atoms with E-state index in [1.54, 1.807) is 0 Å². The predicted molar refractivity (Wildman–Crippen MR) is 119 cm³/mol. The Morgan fingerprint density at radius 3 is 2.62 bits per heavy atom. The van der Waals surface area contributed by atoms with Gasteiger partial charge in [-0.3, -0.25) is 9.89 Å². The topological polar surface area (TPSA) is 43.3 Å². The van der Waals surface area contributed by atoms with Crippen molar-refractivity contribution in [2.45, 2.75) is 39.2 Å². The van der Waals surface area contributed by atoms with Gasteiger partial charge in [-0.15, -0.1) is 24.0 Å². The molecule has 3 heterocycles. The Hall–Kier alpha value is -0.120. The van der Waals surface area contributed by atoms with Crippen LogP contribution in [-0.4, -0.2) is 98.8 Å². The number of nitrogens with one attached hydrogen (secondary N) is 1. The summed E-state index contributed by atoms with van der Waals surface area (Å²) in [5.74, 6) is 1.87. The molecule has 2 unspecified atom stereocenters. The standard InChI is InChI=1S/C19H37N5O.HI/c1-3-7-22-8-5-17(15-22)14-21-19(20-4-2)24-9-6-18(16-24)23-10-12-25-13-11-23;/h17-18H,3-16H2,1-2H3,(H,20,21);1H. The van der Waals surface area contributed by atoms with Crippen LogP contribution in [-0.2, 0) is 4.74 Å². The molecule has 0 amide bonds. The monoisotopic (exact) mass is 479 g/mol. The number of ether oxygens (including phenoxy) is 1. The van der Waals surface area contributed by atoms with Crippen molar-refractivity contribution in [3.8, 4) is 0 Å². The number of nitrogens with zero attached hydrogens (tertiary/aromatic N) is 4. The number of halogens is 1. The SMILES string of the molecule is CCCN1CCC(CN=C(NCC)N2CCC(N3CCOCC3)C2)C1.I. The minimum absolute atomic E-state index is 0. The molecule has 7 heteroatoms. The van der Waals surface area contributed by atoms with Gasteiger partial charge >= 0.3 is 0 Å². The lowest BCUT2D eigenvalue weighted by Gasteiger charge is -2.32. The predicted octanol–water partition coefficient (Wildman–Crippen LogP) is 1.71. The summed E-state index contributed by atoms with van der Waals surface area (Å²) < 4.78 is 5.50. The number of likely N-dealkylation sites (tertiary alicyclic amines) is 2. The summed E-state index contributed by atoms with van der Waals surface area (Å²) in [4.78, 5) is 12.7. The van der Waals surface area contributed by atoms with Crippen LogP contribution in [0, 0.1) is 5.92 Å². The van der Waals surface area contributed by atoms with Crippen LogP contribution in [0.5, 0.6) is 0 Å². The van der Waals surface area contributed by atoms with Crippen LogP contribution in [0.25, 0.3) is 0 Å². The molecule has 0 aromatic heterocycles. The van der Waals surface area contributed by atoms with Gasteiger partial charge in [-0.25, -0.2) is 0 Å². The third-order valence-corrected chi connectivity index (χ3v) is 5.77. The second kappa shape index (κ2) is 11.7. The van der Waals surface area contributed by atoms with Gasteiger partial charge < -0.3 is 19.9 Å². The molecule has 3 fully saturated rings. The number of rotatable bonds is 6. The largest absolute Gasteiger partial charge is 0.379 e. The molecule has 3 aliphatic rings. The van der Waals surface area contributed by atoms with Crippen LogP contribution in [0.2, 0.25) is 0 Å². The molecular weight excluding hydrogens is 441 g/mol. The molecule has 0 spiro atoms. The molecule has 0 radical (unpaired) electrons. The summed E-state index contributed by atoms with van der Waals surface area (Å²) in [7, 11) is 0. The summed E-state index contributed by atoms with van der Waals surface area (Å²) >= 11 is 0. The van der Waals surface area contributed by atoms with Crippen molar-refractivity contribution in [1.29, 1.82) is 0 Å². The number of morpholine rings is 1. The molecule has 0 aromatic carbocycles. The quantitative estimate of drug-likeness (QED) is 0.357. The van der Waals surface area contributed by atoms with E-state index in [2.05, 4.69) is 33.9 Å². The Morgan fingerprint density at radius 2 is 1.88 bits per heavy atom. The molecule has 0 bridgehead atoms. The maximum atomic E-state index is 5.50. The van der Waals surface area contributed by atoms with Gasteiger partial charge in [-0.2, -0.15) is 0 Å². The molecule has 26 heavy (non-hydrogen) atoms. The van der Waals surface area contributed by atoms with Gasteiger partial charge in [0.2, 0.25) is 0 Å². The molecule has 0 aliphatic carbocycles. The third-order valence-electron chi connectivity index (χ3n) is 5.77. The number of hydrogen-bond acceptors (Lipinski definition) is 4. The molecule has 6 nitrogen and oxygen atoms in total. The van der Waals surface area contributed by atoms with Crippen molar-refractivity contribution in [3.05, 3.63) is 0 Å². The molecule has 1 N–H and O–H groups in total. The Bertz CT molecular complexity index is 430. The van der Waals surface area contributed by atoms with E-state index in [-0.39, 0.29) is 24.0 Å². The maximum absolute atomic E-state index is 5.50. The highest BCUT2D eigenvalue weighted by molar-refractivity contribution is 14.0. The lowest BCUT2D eigenvalue weighted by molar-refractivity contribution is 0.0195. The van der Waals surface area contributed by atoms with Crippen LogP contribution in [0.3, 0.4) is 0 Å². The van der Waals surface area contributed by atoms with Crippen molar-refractivity contribution in [2.75, 3.05) is 72.1 Å². The first-order valence-corrected chi connectivity index (χ1v) is 10.4. The maximum Gasteiger partial charge on any atom is 0.193 e. The lowest BCUT2D eigenvalue weighted by atomic mass is 10.1. The Kier molecular flexibility index (Phi) is 9.94. The molecule has 0 saturated carbocycles. The Labute approximate surface area is 176 Å². The normalized spacial score (nSPS) is 28.4. The Balaban J connectivity index is 0.00000243. The van der Waals surface area contributed by atoms with Crippen LogP contribution in [0.1, 0.15) is 33.1 Å². The van der Waals surface area contributed by atoms with E-state index < -0.39 is 0 Å². The molecule has 0 aromatic rings. The van der Waals surface area contributed by atoms with E-state index >= 15 is 0 Å². The second-order valence-electron chi connectivity index (χ2n) is 7.69. The van der Waals surface area contributed by atoms with Crippen molar-refractivity contribution in [2.24, 2.45) is 10.9 Å². The van der Waals surface area contributed by atoms with E-state index in [0.717, 1.165) is 64.4 Å². The fourth-order valence-corrected chi connectivity index (χ4v) is 4.40. The zero-order valence-corrected chi connectivity index (χ0v) is 19.0. The average Bonchev–Trinajstić information content (AvgIpc) is 3.29. The second-order valence-corrected chi connectivity index (χ2v) is 7.69. The van der Waals surface area contributed by atoms with Gasteiger partial charge in [0.1, 0.15) is 0 Å². The first-order valence-electron chi connectivity index (χ1n) is 10.4. The van der Waals surface area contributed by atoms with Gasteiger partial charge in [-0.1, -0.05) is 6.92 Å². The Morgan fingerprint density at radius 1 is 1.08 bits per heavy atom. The van der Waals surface area contributed by atoms with E-state index in [4.69, 9.17) is 9.73 Å². The first kappa shape index (κ1) is 22.2. The third kappa shape index (κ3) is 6.21. The summed E-state index contributed by atoms with van der Waals surface area (Å²) in [6.07, 6.45) is 3.81. The highest BCUT2D eigenvalue weighted by Crippen LogP contribution is 2.19. The van der Waals surface area contributed by atoms with Crippen LogP contribution < -0.4 is 5.32 Å². The minimum atomic E-state index is 0. The van der Waals surface area contributed by atoms with Crippen molar-refractivity contribution in [1.82, 2.24) is 20.0 Å². The first-order chi connectivity index (χ1) is 12.3. The van der Waals surface area contributed by atoms with Gasteiger partial charge in [0, 0.05) is 51.9 Å². The van der Waals surface area contributed by atoms with Crippen LogP contribution in [0.15, 0.2) is 4.99 Å². The van der Waals surface area contributed by atoms with Crippen molar-refractivity contribution in [3.63, 3.8) is 0 Å².